The molecule has 18 heteroatoms. The number of rotatable bonds is 12. The molecule has 0 spiro atoms. The van der Waals surface area contributed by atoms with Gasteiger partial charge >= 0.3 is 39.5 Å². The summed E-state index contributed by atoms with van der Waals surface area (Å²) in [4.78, 5) is 48.6. The average Bonchev–Trinajstić information content (AvgIpc) is 2.98. The molecular formula is C32H34F3NO13S. The number of ether oxygens (including phenoxy) is 6. The molecule has 50 heavy (non-hydrogen) atoms. The van der Waals surface area contributed by atoms with Crippen molar-refractivity contribution >= 4 is 34.0 Å². The third-order valence-electron chi connectivity index (χ3n) is 6.82. The van der Waals surface area contributed by atoms with Crippen molar-refractivity contribution in [2.45, 2.75) is 90.1 Å². The number of hydrogen-bond donors (Lipinski definition) is 0. The summed E-state index contributed by atoms with van der Waals surface area (Å²) >= 11 is 0. The smallest absolute Gasteiger partial charge is 0.491 e. The van der Waals surface area contributed by atoms with E-state index < -0.39 is 88.5 Å². The van der Waals surface area contributed by atoms with Gasteiger partial charge in [0.05, 0.1) is 17.7 Å². The van der Waals surface area contributed by atoms with E-state index in [0.717, 1.165) is 39.8 Å². The molecule has 2 aromatic carbocycles. The maximum atomic E-state index is 12.8. The van der Waals surface area contributed by atoms with Crippen molar-refractivity contribution in [1.29, 1.82) is 5.26 Å². The Balaban J connectivity index is 2.19. The fourth-order valence-corrected chi connectivity index (χ4v) is 5.47. The molecule has 0 unspecified atom stereocenters. The number of carbonyl (C=O) groups is 4. The standard InChI is InChI=1S/C32H34F3NO13S/c1-16(2)44-26-13-23(14-36)22(11-21-7-9-24(10-8-21)49-50(41,42)32(33,34)35)12-25(26)28-30(46-19(5)39)31(47-20(6)40)29(45-18(4)38)27(48-28)15-43-17(3)37/h7-10,12-13,16,27-31H,11,15H2,1-6H3/t27-,28+,29-,30+,31+/m1/s1. The largest absolute Gasteiger partial charge is 0.534 e. The lowest BCUT2D eigenvalue weighted by atomic mass is 9.87. The van der Waals surface area contributed by atoms with E-state index in [9.17, 15) is 46.0 Å². The Morgan fingerprint density at radius 3 is 1.94 bits per heavy atom. The van der Waals surface area contributed by atoms with Crippen LogP contribution in [-0.4, -0.2) is 74.9 Å². The van der Waals surface area contributed by atoms with E-state index >= 15 is 0 Å². The number of alkyl halides is 3. The maximum Gasteiger partial charge on any atom is 0.534 e. The van der Waals surface area contributed by atoms with Crippen LogP contribution in [0.5, 0.6) is 11.5 Å². The number of nitrogens with zero attached hydrogens (tertiary/aromatic N) is 1. The number of nitriles is 1. The predicted molar refractivity (Wildman–Crippen MR) is 163 cm³/mol. The average molecular weight is 730 g/mol. The van der Waals surface area contributed by atoms with Crippen molar-refractivity contribution in [3.63, 3.8) is 0 Å². The lowest BCUT2D eigenvalue weighted by Crippen LogP contribution is -2.59. The third-order valence-corrected chi connectivity index (χ3v) is 7.80. The van der Waals surface area contributed by atoms with Gasteiger partial charge < -0.3 is 32.6 Å². The van der Waals surface area contributed by atoms with E-state index in [0.29, 0.717) is 11.1 Å². The van der Waals surface area contributed by atoms with E-state index in [1.54, 1.807) is 13.8 Å². The number of halogens is 3. The number of esters is 4. The molecule has 3 rings (SSSR count). The van der Waals surface area contributed by atoms with Crippen molar-refractivity contribution < 1.29 is 73.4 Å². The monoisotopic (exact) mass is 729 g/mol. The van der Waals surface area contributed by atoms with Crippen LogP contribution >= 0.6 is 0 Å². The summed E-state index contributed by atoms with van der Waals surface area (Å²) in [6.07, 6.45) is -7.57. The van der Waals surface area contributed by atoms with E-state index in [1.165, 1.54) is 24.3 Å². The minimum Gasteiger partial charge on any atom is -0.491 e. The van der Waals surface area contributed by atoms with Gasteiger partial charge in [-0.15, -0.1) is 0 Å². The van der Waals surface area contributed by atoms with Crippen LogP contribution in [0.25, 0.3) is 0 Å². The second-order valence-electron chi connectivity index (χ2n) is 11.2. The zero-order valence-corrected chi connectivity index (χ0v) is 28.5. The highest BCUT2D eigenvalue weighted by Gasteiger charge is 2.53. The Kier molecular flexibility index (Phi) is 12.8. The van der Waals surface area contributed by atoms with E-state index in [1.807, 2.05) is 6.07 Å². The molecule has 1 aliphatic rings. The summed E-state index contributed by atoms with van der Waals surface area (Å²) in [5.74, 6) is -3.73. The molecule has 0 saturated carbocycles. The molecule has 0 bridgehead atoms. The van der Waals surface area contributed by atoms with E-state index in [-0.39, 0.29) is 23.3 Å². The number of carbonyl (C=O) groups excluding carboxylic acids is 4. The van der Waals surface area contributed by atoms with Gasteiger partial charge in [0.1, 0.15) is 30.3 Å². The number of hydrogen-bond acceptors (Lipinski definition) is 14. The van der Waals surface area contributed by atoms with Gasteiger partial charge in [0.25, 0.3) is 0 Å². The molecule has 1 saturated heterocycles. The van der Waals surface area contributed by atoms with Crippen molar-refractivity contribution in [2.75, 3.05) is 6.61 Å². The molecule has 272 valence electrons. The summed E-state index contributed by atoms with van der Waals surface area (Å²) < 4.78 is 99.3. The first kappa shape index (κ1) is 39.5. The quantitative estimate of drug-likeness (QED) is 0.132. The van der Waals surface area contributed by atoms with Crippen LogP contribution in [0, 0.1) is 11.3 Å². The molecule has 0 aliphatic carbocycles. The molecule has 5 atom stereocenters. The van der Waals surface area contributed by atoms with Gasteiger partial charge in [0.15, 0.2) is 18.3 Å². The Morgan fingerprint density at radius 1 is 0.880 bits per heavy atom. The first-order valence-corrected chi connectivity index (χ1v) is 16.3. The third kappa shape index (κ3) is 10.3. The highest BCUT2D eigenvalue weighted by Crippen LogP contribution is 2.42. The Bertz CT molecular complexity index is 1740. The molecule has 1 aliphatic heterocycles. The molecule has 2 aromatic rings. The zero-order valence-electron chi connectivity index (χ0n) is 27.6. The summed E-state index contributed by atoms with van der Waals surface area (Å²) in [6.45, 7) is 7.26. The minimum absolute atomic E-state index is 0.0462. The fraction of sp³-hybridized carbons (Fsp3) is 0.469. The van der Waals surface area contributed by atoms with Crippen LogP contribution in [0.2, 0.25) is 0 Å². The summed E-state index contributed by atoms with van der Waals surface area (Å²) in [6, 6.07) is 9.49. The highest BCUT2D eigenvalue weighted by atomic mass is 32.2. The minimum atomic E-state index is -5.91. The first-order valence-electron chi connectivity index (χ1n) is 14.9. The van der Waals surface area contributed by atoms with Crippen molar-refractivity contribution in [1.82, 2.24) is 0 Å². The van der Waals surface area contributed by atoms with E-state index in [2.05, 4.69) is 4.18 Å². The van der Waals surface area contributed by atoms with Gasteiger partial charge in [-0.05, 0) is 55.7 Å². The first-order chi connectivity index (χ1) is 23.2. The Hall–Kier alpha value is -4.89. The van der Waals surface area contributed by atoms with E-state index in [4.69, 9.17) is 28.4 Å². The van der Waals surface area contributed by atoms with Gasteiger partial charge in [-0.25, -0.2) is 0 Å². The topological polar surface area (TPSA) is 191 Å². The lowest BCUT2D eigenvalue weighted by molar-refractivity contribution is -0.254. The van der Waals surface area contributed by atoms with Crippen LogP contribution in [0.3, 0.4) is 0 Å². The van der Waals surface area contributed by atoms with Crippen LogP contribution < -0.4 is 8.92 Å². The van der Waals surface area contributed by atoms with Crippen LogP contribution in [-0.2, 0) is 59.4 Å². The Labute approximate surface area is 285 Å². The van der Waals surface area contributed by atoms with Gasteiger partial charge in [-0.3, -0.25) is 19.2 Å². The molecule has 0 aromatic heterocycles. The van der Waals surface area contributed by atoms with Crippen molar-refractivity contribution in [2.24, 2.45) is 0 Å². The van der Waals surface area contributed by atoms with Gasteiger partial charge in [0.2, 0.25) is 0 Å². The molecule has 1 fully saturated rings. The SMILES string of the molecule is CC(=O)OC[C@H]1O[C@@H](c2cc(Cc3ccc(OS(=O)(=O)C(F)(F)F)cc3)c(C#N)cc2OC(C)C)[C@H](OC(C)=O)[C@@H](OC(C)=O)[C@@H]1OC(C)=O. The molecular weight excluding hydrogens is 695 g/mol. The number of benzene rings is 2. The second-order valence-corrected chi connectivity index (χ2v) is 12.8. The molecule has 0 N–H and O–H groups in total. The van der Waals surface area contributed by atoms with Crippen molar-refractivity contribution in [3.05, 3.63) is 58.7 Å². The Morgan fingerprint density at radius 2 is 1.44 bits per heavy atom. The molecule has 1 heterocycles. The summed E-state index contributed by atoms with van der Waals surface area (Å²) in [5.41, 5.74) is -4.67. The van der Waals surface area contributed by atoms with Crippen LogP contribution in [0.4, 0.5) is 13.2 Å². The van der Waals surface area contributed by atoms with Gasteiger partial charge in [0, 0.05) is 33.3 Å². The summed E-state index contributed by atoms with van der Waals surface area (Å²) in [5, 5.41) is 10.0. The molecule has 14 nitrogen and oxygen atoms in total. The maximum absolute atomic E-state index is 12.8. The van der Waals surface area contributed by atoms with Crippen LogP contribution in [0.15, 0.2) is 36.4 Å². The molecule has 0 amide bonds. The lowest BCUT2D eigenvalue weighted by Gasteiger charge is -2.45. The zero-order chi connectivity index (χ0) is 37.6. The molecule has 0 radical (unpaired) electrons. The highest BCUT2D eigenvalue weighted by molar-refractivity contribution is 7.88. The second kappa shape index (κ2) is 16.2. The van der Waals surface area contributed by atoms with Crippen molar-refractivity contribution in [3.8, 4) is 17.6 Å². The van der Waals surface area contributed by atoms with Gasteiger partial charge in [-0.2, -0.15) is 26.9 Å². The predicted octanol–water partition coefficient (Wildman–Crippen LogP) is 3.96. The fourth-order valence-electron chi connectivity index (χ4n) is 5.01. The van der Waals surface area contributed by atoms with Gasteiger partial charge in [-0.1, -0.05) is 12.1 Å². The summed E-state index contributed by atoms with van der Waals surface area (Å²) in [7, 11) is -5.91. The van der Waals surface area contributed by atoms with Crippen LogP contribution in [0.1, 0.15) is 69.9 Å². The normalized spacial score (nSPS) is 20.6.